The number of rotatable bonds is 8. The number of carbonyl (C=O) groups is 1. The van der Waals surface area contributed by atoms with Crippen LogP contribution in [0.15, 0.2) is 0 Å². The van der Waals surface area contributed by atoms with Crippen LogP contribution in [0.3, 0.4) is 0 Å². The summed E-state index contributed by atoms with van der Waals surface area (Å²) < 4.78 is 0. The molecule has 1 amide bonds. The van der Waals surface area contributed by atoms with Gasteiger partial charge in [0, 0.05) is 12.6 Å². The van der Waals surface area contributed by atoms with E-state index in [1.54, 1.807) is 0 Å². The fourth-order valence-electron chi connectivity index (χ4n) is 1.77. The predicted octanol–water partition coefficient (Wildman–Crippen LogP) is 1.21. The van der Waals surface area contributed by atoms with Gasteiger partial charge in [0.05, 0.1) is 6.04 Å². The molecule has 0 aromatic carbocycles. The first-order valence-corrected chi connectivity index (χ1v) is 6.74. The molecule has 0 aromatic heterocycles. The van der Waals surface area contributed by atoms with E-state index >= 15 is 0 Å². The third-order valence-corrected chi connectivity index (χ3v) is 3.37. The molecule has 0 radical (unpaired) electrons. The van der Waals surface area contributed by atoms with E-state index in [9.17, 15) is 4.79 Å². The minimum Gasteiger partial charge on any atom is -0.351 e. The minimum absolute atomic E-state index is 0.0287. The lowest BCUT2D eigenvalue weighted by molar-refractivity contribution is -0.124. The summed E-state index contributed by atoms with van der Waals surface area (Å²) in [5, 5.41) is 2.99. The van der Waals surface area contributed by atoms with E-state index in [1.807, 2.05) is 13.8 Å². The summed E-state index contributed by atoms with van der Waals surface area (Å²) in [7, 11) is 0. The molecule has 0 aliphatic carbocycles. The molecule has 3 N–H and O–H groups in total. The Labute approximate surface area is 106 Å². The van der Waals surface area contributed by atoms with Gasteiger partial charge in [-0.3, -0.25) is 4.79 Å². The molecule has 0 spiro atoms. The van der Waals surface area contributed by atoms with Crippen LogP contribution in [0.5, 0.6) is 0 Å². The fraction of sp³-hybridized carbons (Fsp3) is 0.923. The van der Waals surface area contributed by atoms with E-state index in [-0.39, 0.29) is 23.9 Å². The van der Waals surface area contributed by atoms with Gasteiger partial charge in [-0.1, -0.05) is 34.1 Å². The second kappa shape index (κ2) is 8.48. The highest BCUT2D eigenvalue weighted by atomic mass is 16.2. The molecule has 0 aliphatic rings. The molecule has 3 atom stereocenters. The van der Waals surface area contributed by atoms with Gasteiger partial charge < -0.3 is 16.0 Å². The minimum atomic E-state index is -0.390. The zero-order valence-electron chi connectivity index (χ0n) is 12.0. The van der Waals surface area contributed by atoms with Crippen molar-refractivity contribution in [1.29, 1.82) is 0 Å². The molecule has 0 aromatic rings. The topological polar surface area (TPSA) is 58.4 Å². The van der Waals surface area contributed by atoms with Gasteiger partial charge >= 0.3 is 0 Å². The van der Waals surface area contributed by atoms with Crippen molar-refractivity contribution in [1.82, 2.24) is 10.2 Å². The summed E-state index contributed by atoms with van der Waals surface area (Å²) in [6.45, 7) is 13.2. The molecule has 0 saturated carbocycles. The van der Waals surface area contributed by atoms with Crippen LogP contribution in [0, 0.1) is 5.92 Å². The van der Waals surface area contributed by atoms with Crippen LogP contribution in [0.1, 0.15) is 41.0 Å². The maximum Gasteiger partial charge on any atom is 0.237 e. The number of carbonyl (C=O) groups excluding carboxylic acids is 1. The Morgan fingerprint density at radius 2 is 1.76 bits per heavy atom. The van der Waals surface area contributed by atoms with Crippen molar-refractivity contribution >= 4 is 5.91 Å². The molecule has 2 unspecified atom stereocenters. The van der Waals surface area contributed by atoms with Crippen molar-refractivity contribution in [2.45, 2.75) is 53.1 Å². The summed E-state index contributed by atoms with van der Waals surface area (Å²) in [5.41, 5.74) is 5.89. The summed E-state index contributed by atoms with van der Waals surface area (Å²) in [5.74, 6) is 0.203. The fourth-order valence-corrected chi connectivity index (χ4v) is 1.77. The number of amides is 1. The Morgan fingerprint density at radius 3 is 2.18 bits per heavy atom. The highest BCUT2D eigenvalue weighted by Gasteiger charge is 2.21. The smallest absolute Gasteiger partial charge is 0.237 e. The molecular formula is C13H29N3O. The normalized spacial score (nSPS) is 16.6. The van der Waals surface area contributed by atoms with Crippen molar-refractivity contribution in [2.75, 3.05) is 19.6 Å². The molecule has 0 aliphatic heterocycles. The SMILES string of the molecule is CCC(C)[C@H](N)C(=O)NC(C)CN(CC)CC. The van der Waals surface area contributed by atoms with E-state index in [0.717, 1.165) is 26.1 Å². The molecule has 0 fully saturated rings. The van der Waals surface area contributed by atoms with Crippen molar-refractivity contribution in [2.24, 2.45) is 11.7 Å². The second-order valence-electron chi connectivity index (χ2n) is 4.81. The molecule has 4 nitrogen and oxygen atoms in total. The predicted molar refractivity (Wildman–Crippen MR) is 72.8 cm³/mol. The van der Waals surface area contributed by atoms with Gasteiger partial charge in [-0.2, -0.15) is 0 Å². The molecule has 4 heteroatoms. The molecule has 0 rings (SSSR count). The van der Waals surface area contributed by atoms with Crippen LogP contribution in [0.25, 0.3) is 0 Å². The number of nitrogens with two attached hydrogens (primary N) is 1. The average Bonchev–Trinajstić information content (AvgIpc) is 2.33. The van der Waals surface area contributed by atoms with E-state index < -0.39 is 0 Å². The van der Waals surface area contributed by atoms with Crippen LogP contribution in [-0.4, -0.2) is 42.5 Å². The van der Waals surface area contributed by atoms with Gasteiger partial charge in [-0.15, -0.1) is 0 Å². The van der Waals surface area contributed by atoms with Gasteiger partial charge in [-0.05, 0) is 25.9 Å². The zero-order valence-corrected chi connectivity index (χ0v) is 12.0. The van der Waals surface area contributed by atoms with Crippen LogP contribution in [0.4, 0.5) is 0 Å². The first-order chi connectivity index (χ1) is 7.96. The Morgan fingerprint density at radius 1 is 1.24 bits per heavy atom. The summed E-state index contributed by atoms with van der Waals surface area (Å²) in [6.07, 6.45) is 0.930. The Hall–Kier alpha value is -0.610. The van der Waals surface area contributed by atoms with E-state index in [1.165, 1.54) is 0 Å². The summed E-state index contributed by atoms with van der Waals surface area (Å²) in [4.78, 5) is 14.1. The van der Waals surface area contributed by atoms with Crippen molar-refractivity contribution in [3.63, 3.8) is 0 Å². The third kappa shape index (κ3) is 6.03. The molecule has 0 bridgehead atoms. The quantitative estimate of drug-likeness (QED) is 0.673. The van der Waals surface area contributed by atoms with Crippen LogP contribution >= 0.6 is 0 Å². The maximum absolute atomic E-state index is 11.9. The molecule has 0 saturated heterocycles. The summed E-state index contributed by atoms with van der Waals surface area (Å²) in [6, 6.07) is -0.239. The third-order valence-electron chi connectivity index (χ3n) is 3.37. The van der Waals surface area contributed by atoms with Crippen molar-refractivity contribution in [3.8, 4) is 0 Å². The first-order valence-electron chi connectivity index (χ1n) is 6.74. The largest absolute Gasteiger partial charge is 0.351 e. The molecular weight excluding hydrogens is 214 g/mol. The Bertz CT molecular complexity index is 217. The monoisotopic (exact) mass is 243 g/mol. The zero-order chi connectivity index (χ0) is 13.4. The number of likely N-dealkylation sites (N-methyl/N-ethyl adjacent to an activating group) is 1. The number of nitrogens with zero attached hydrogens (tertiary/aromatic N) is 1. The van der Waals surface area contributed by atoms with E-state index in [0.29, 0.717) is 0 Å². The average molecular weight is 243 g/mol. The van der Waals surface area contributed by atoms with Crippen LogP contribution in [0.2, 0.25) is 0 Å². The van der Waals surface area contributed by atoms with Crippen LogP contribution in [-0.2, 0) is 4.79 Å². The first kappa shape index (κ1) is 16.4. The van der Waals surface area contributed by atoms with E-state index in [4.69, 9.17) is 5.73 Å². The molecule has 0 heterocycles. The van der Waals surface area contributed by atoms with Gasteiger partial charge in [0.25, 0.3) is 0 Å². The van der Waals surface area contributed by atoms with Gasteiger partial charge in [0.2, 0.25) is 5.91 Å². The Kier molecular flexibility index (Phi) is 8.17. The second-order valence-corrected chi connectivity index (χ2v) is 4.81. The standard InChI is InChI=1S/C13H29N3O/c1-6-10(4)12(14)13(17)15-11(5)9-16(7-2)8-3/h10-12H,6-9,14H2,1-5H3,(H,15,17)/t10?,11?,12-/m0/s1. The van der Waals surface area contributed by atoms with Gasteiger partial charge in [0.1, 0.15) is 0 Å². The Balaban J connectivity index is 4.10. The number of hydrogen-bond acceptors (Lipinski definition) is 3. The molecule has 17 heavy (non-hydrogen) atoms. The summed E-state index contributed by atoms with van der Waals surface area (Å²) >= 11 is 0. The lowest BCUT2D eigenvalue weighted by Gasteiger charge is -2.25. The molecule has 102 valence electrons. The highest BCUT2D eigenvalue weighted by molar-refractivity contribution is 5.82. The lowest BCUT2D eigenvalue weighted by atomic mass is 9.99. The lowest BCUT2D eigenvalue weighted by Crippen LogP contribution is -2.50. The van der Waals surface area contributed by atoms with Crippen molar-refractivity contribution in [3.05, 3.63) is 0 Å². The number of nitrogens with one attached hydrogen (secondary N) is 1. The van der Waals surface area contributed by atoms with Crippen molar-refractivity contribution < 1.29 is 4.79 Å². The van der Waals surface area contributed by atoms with Gasteiger partial charge in [-0.25, -0.2) is 0 Å². The van der Waals surface area contributed by atoms with E-state index in [2.05, 4.69) is 31.0 Å². The highest BCUT2D eigenvalue weighted by Crippen LogP contribution is 2.05. The van der Waals surface area contributed by atoms with Gasteiger partial charge in [0.15, 0.2) is 0 Å². The maximum atomic E-state index is 11.9. The van der Waals surface area contributed by atoms with Crippen LogP contribution < -0.4 is 11.1 Å². The number of hydrogen-bond donors (Lipinski definition) is 2.